The molecule has 21 heavy (non-hydrogen) atoms. The number of carboxylic acids is 1. The van der Waals surface area contributed by atoms with Crippen molar-refractivity contribution in [3.8, 4) is 0 Å². The van der Waals surface area contributed by atoms with Gasteiger partial charge in [0.2, 0.25) is 5.91 Å². The van der Waals surface area contributed by atoms with Crippen molar-refractivity contribution in [3.05, 3.63) is 27.2 Å². The molecule has 0 saturated heterocycles. The number of benzene rings is 1. The minimum Gasteiger partial charge on any atom is -0.481 e. The van der Waals surface area contributed by atoms with Gasteiger partial charge in [-0.1, -0.05) is 41.7 Å². The molecule has 1 saturated carbocycles. The topological polar surface area (TPSA) is 66.4 Å². The molecule has 114 valence electrons. The van der Waals surface area contributed by atoms with Crippen LogP contribution < -0.4 is 5.32 Å². The normalized spacial score (nSPS) is 24.9. The van der Waals surface area contributed by atoms with Crippen molar-refractivity contribution < 1.29 is 14.7 Å². The molecular weight excluding hydrogens is 337 g/mol. The van der Waals surface area contributed by atoms with E-state index in [0.717, 1.165) is 0 Å². The predicted octanol–water partition coefficient (Wildman–Crippen LogP) is 4.33. The Morgan fingerprint density at radius 1 is 1.14 bits per heavy atom. The Morgan fingerprint density at radius 3 is 2.19 bits per heavy atom. The maximum atomic E-state index is 12.3. The zero-order valence-electron chi connectivity index (χ0n) is 11.2. The van der Waals surface area contributed by atoms with E-state index in [1.807, 2.05) is 6.92 Å². The molecular formula is C14H14Cl3NO3. The first-order valence-electron chi connectivity index (χ1n) is 6.47. The van der Waals surface area contributed by atoms with Crippen molar-refractivity contribution in [2.75, 3.05) is 5.32 Å². The standard InChI is InChI=1S/C14H14Cl3NO3/c1-6-2-8(9(3-6)14(20)21)13(19)18-12-10(16)4-7(15)5-11(12)17/h4-6,8-9H,2-3H2,1H3,(H,18,19)(H,20,21). The summed E-state index contributed by atoms with van der Waals surface area (Å²) in [6.45, 7) is 1.94. The van der Waals surface area contributed by atoms with Crippen molar-refractivity contribution in [1.29, 1.82) is 0 Å². The highest BCUT2D eigenvalue weighted by molar-refractivity contribution is 6.42. The largest absolute Gasteiger partial charge is 0.481 e. The number of carbonyl (C=O) groups excluding carboxylic acids is 1. The van der Waals surface area contributed by atoms with Crippen LogP contribution in [0.4, 0.5) is 5.69 Å². The fourth-order valence-electron chi connectivity index (χ4n) is 2.73. The summed E-state index contributed by atoms with van der Waals surface area (Å²) >= 11 is 17.8. The molecule has 1 fully saturated rings. The number of hydrogen-bond donors (Lipinski definition) is 2. The van der Waals surface area contributed by atoms with Crippen LogP contribution in [-0.4, -0.2) is 17.0 Å². The second kappa shape index (κ2) is 6.42. The van der Waals surface area contributed by atoms with Gasteiger partial charge in [0.05, 0.1) is 27.6 Å². The van der Waals surface area contributed by atoms with E-state index in [-0.39, 0.29) is 27.6 Å². The molecule has 1 aromatic rings. The number of anilines is 1. The van der Waals surface area contributed by atoms with Crippen LogP contribution in [0.25, 0.3) is 0 Å². The first-order chi connectivity index (χ1) is 9.79. The Balaban J connectivity index is 2.20. The van der Waals surface area contributed by atoms with Gasteiger partial charge in [-0.3, -0.25) is 9.59 Å². The monoisotopic (exact) mass is 349 g/mol. The van der Waals surface area contributed by atoms with Crippen LogP contribution >= 0.6 is 34.8 Å². The minimum absolute atomic E-state index is 0.193. The van der Waals surface area contributed by atoms with Crippen LogP contribution in [0.5, 0.6) is 0 Å². The molecule has 2 N–H and O–H groups in total. The minimum atomic E-state index is -0.951. The summed E-state index contributed by atoms with van der Waals surface area (Å²) in [7, 11) is 0. The zero-order valence-corrected chi connectivity index (χ0v) is 13.5. The van der Waals surface area contributed by atoms with Gasteiger partial charge in [-0.25, -0.2) is 0 Å². The predicted molar refractivity (Wildman–Crippen MR) is 83.1 cm³/mol. The maximum absolute atomic E-state index is 12.3. The summed E-state index contributed by atoms with van der Waals surface area (Å²) in [6, 6.07) is 2.94. The molecule has 0 radical (unpaired) electrons. The third-order valence-electron chi connectivity index (χ3n) is 3.71. The quantitative estimate of drug-likeness (QED) is 0.852. The molecule has 1 aliphatic carbocycles. The number of amides is 1. The Bertz CT molecular complexity index is 568. The Hall–Kier alpha value is -0.970. The summed E-state index contributed by atoms with van der Waals surface area (Å²) in [5.74, 6) is -2.39. The van der Waals surface area contributed by atoms with Gasteiger partial charge < -0.3 is 10.4 Å². The second-order valence-electron chi connectivity index (χ2n) is 5.36. The molecule has 0 aliphatic heterocycles. The van der Waals surface area contributed by atoms with Crippen molar-refractivity contribution in [2.24, 2.45) is 17.8 Å². The second-order valence-corrected chi connectivity index (χ2v) is 6.61. The van der Waals surface area contributed by atoms with Crippen LogP contribution in [0, 0.1) is 17.8 Å². The SMILES string of the molecule is CC1CC(C(=O)O)C(C(=O)Nc2c(Cl)cc(Cl)cc2Cl)C1. The van der Waals surface area contributed by atoms with E-state index in [4.69, 9.17) is 34.8 Å². The average molecular weight is 351 g/mol. The van der Waals surface area contributed by atoms with Crippen LogP contribution in [-0.2, 0) is 9.59 Å². The maximum Gasteiger partial charge on any atom is 0.307 e. The van der Waals surface area contributed by atoms with E-state index in [1.165, 1.54) is 12.1 Å². The van der Waals surface area contributed by atoms with Crippen LogP contribution in [0.1, 0.15) is 19.8 Å². The summed E-state index contributed by atoms with van der Waals surface area (Å²) in [4.78, 5) is 23.6. The van der Waals surface area contributed by atoms with Gasteiger partial charge in [-0.15, -0.1) is 0 Å². The van der Waals surface area contributed by atoms with Gasteiger partial charge in [0.25, 0.3) is 0 Å². The lowest BCUT2D eigenvalue weighted by molar-refractivity contribution is -0.145. The highest BCUT2D eigenvalue weighted by atomic mass is 35.5. The molecule has 7 heteroatoms. The molecule has 0 heterocycles. The third kappa shape index (κ3) is 3.62. The Kier molecular flexibility index (Phi) is 5.02. The first-order valence-corrected chi connectivity index (χ1v) is 7.61. The number of carboxylic acid groups (broad SMARTS) is 1. The Morgan fingerprint density at radius 2 is 1.67 bits per heavy atom. The lowest BCUT2D eigenvalue weighted by atomic mass is 9.95. The van der Waals surface area contributed by atoms with Crippen molar-refractivity contribution in [3.63, 3.8) is 0 Å². The molecule has 0 spiro atoms. The van der Waals surface area contributed by atoms with Crippen molar-refractivity contribution in [1.82, 2.24) is 0 Å². The highest BCUT2D eigenvalue weighted by Crippen LogP contribution is 2.39. The van der Waals surface area contributed by atoms with Crippen molar-refractivity contribution >= 4 is 52.4 Å². The van der Waals surface area contributed by atoms with Gasteiger partial charge in [0, 0.05) is 5.02 Å². The van der Waals surface area contributed by atoms with Gasteiger partial charge in [0.15, 0.2) is 0 Å². The molecule has 3 atom stereocenters. The number of aliphatic carboxylic acids is 1. The first kappa shape index (κ1) is 16.4. The van der Waals surface area contributed by atoms with E-state index in [9.17, 15) is 14.7 Å². The van der Waals surface area contributed by atoms with E-state index in [2.05, 4.69) is 5.32 Å². The number of carbonyl (C=O) groups is 2. The zero-order chi connectivity index (χ0) is 15.7. The number of nitrogens with one attached hydrogen (secondary N) is 1. The Labute approximate surface area is 137 Å². The average Bonchev–Trinajstić information content (AvgIpc) is 2.76. The lowest BCUT2D eigenvalue weighted by Crippen LogP contribution is -2.30. The van der Waals surface area contributed by atoms with Crippen LogP contribution in [0.2, 0.25) is 15.1 Å². The number of hydrogen-bond acceptors (Lipinski definition) is 2. The fraction of sp³-hybridized carbons (Fsp3) is 0.429. The molecule has 1 aromatic carbocycles. The summed E-state index contributed by atoms with van der Waals surface area (Å²) in [5.41, 5.74) is 0.261. The summed E-state index contributed by atoms with van der Waals surface area (Å²) < 4.78 is 0. The van der Waals surface area contributed by atoms with Gasteiger partial charge in [0.1, 0.15) is 0 Å². The van der Waals surface area contributed by atoms with Gasteiger partial charge in [-0.05, 0) is 30.9 Å². The molecule has 2 rings (SSSR count). The van der Waals surface area contributed by atoms with E-state index >= 15 is 0 Å². The molecule has 4 nitrogen and oxygen atoms in total. The van der Waals surface area contributed by atoms with Crippen LogP contribution in [0.3, 0.4) is 0 Å². The number of halogens is 3. The molecule has 0 aromatic heterocycles. The summed E-state index contributed by atoms with van der Waals surface area (Å²) in [6.07, 6.45) is 1.03. The number of rotatable bonds is 3. The van der Waals surface area contributed by atoms with Crippen LogP contribution in [0.15, 0.2) is 12.1 Å². The molecule has 3 unspecified atom stereocenters. The fourth-order valence-corrected chi connectivity index (χ4v) is 3.64. The van der Waals surface area contributed by atoms with E-state index < -0.39 is 17.8 Å². The highest BCUT2D eigenvalue weighted by Gasteiger charge is 2.41. The molecule has 0 bridgehead atoms. The smallest absolute Gasteiger partial charge is 0.307 e. The van der Waals surface area contributed by atoms with Crippen molar-refractivity contribution in [2.45, 2.75) is 19.8 Å². The third-order valence-corrected chi connectivity index (χ3v) is 4.52. The summed E-state index contributed by atoms with van der Waals surface area (Å²) in [5, 5.41) is 12.6. The van der Waals surface area contributed by atoms with E-state index in [1.54, 1.807) is 0 Å². The lowest BCUT2D eigenvalue weighted by Gasteiger charge is -2.17. The molecule has 1 amide bonds. The van der Waals surface area contributed by atoms with Gasteiger partial charge in [-0.2, -0.15) is 0 Å². The molecule has 1 aliphatic rings. The van der Waals surface area contributed by atoms with E-state index in [0.29, 0.717) is 17.9 Å². The van der Waals surface area contributed by atoms with Gasteiger partial charge >= 0.3 is 5.97 Å².